The molecule has 1 unspecified atom stereocenters. The molecule has 3 atom stereocenters. The van der Waals surface area contributed by atoms with E-state index in [0.29, 0.717) is 0 Å². The van der Waals surface area contributed by atoms with Crippen LogP contribution < -0.4 is 5.73 Å². The average molecular weight is 252 g/mol. The zero-order valence-electron chi connectivity index (χ0n) is 11.0. The van der Waals surface area contributed by atoms with Crippen molar-refractivity contribution in [3.63, 3.8) is 0 Å². The maximum atomic E-state index is 12.8. The Morgan fingerprint density at radius 1 is 1.28 bits per heavy atom. The maximum absolute atomic E-state index is 12.8. The van der Waals surface area contributed by atoms with Crippen LogP contribution in [0.15, 0.2) is 24.3 Å². The maximum Gasteiger partial charge on any atom is 0.123 e. The van der Waals surface area contributed by atoms with E-state index in [9.17, 15) is 4.39 Å². The molecule has 0 aliphatic carbocycles. The van der Waals surface area contributed by atoms with Gasteiger partial charge in [0.25, 0.3) is 0 Å². The fourth-order valence-corrected chi connectivity index (χ4v) is 2.53. The highest BCUT2D eigenvalue weighted by atomic mass is 19.1. The molecule has 1 aromatic rings. The van der Waals surface area contributed by atoms with Crippen LogP contribution in [0.25, 0.3) is 0 Å². The summed E-state index contributed by atoms with van der Waals surface area (Å²) in [6.07, 6.45) is 0.489. The first-order valence-corrected chi connectivity index (χ1v) is 6.43. The van der Waals surface area contributed by atoms with Crippen LogP contribution in [0.4, 0.5) is 4.39 Å². The molecule has 2 rings (SSSR count). The van der Waals surface area contributed by atoms with Crippen molar-refractivity contribution in [2.75, 3.05) is 19.6 Å². The summed E-state index contributed by atoms with van der Waals surface area (Å²) in [5.74, 6) is -0.223. The Morgan fingerprint density at radius 2 is 1.83 bits per heavy atom. The van der Waals surface area contributed by atoms with Gasteiger partial charge in [-0.3, -0.25) is 4.90 Å². The SMILES string of the molecule is C[C@@H]1CN(CC(N)c2ccc(F)cc2)C[C@H](C)O1. The molecule has 1 fully saturated rings. The van der Waals surface area contributed by atoms with Crippen molar-refractivity contribution in [3.05, 3.63) is 35.6 Å². The lowest BCUT2D eigenvalue weighted by atomic mass is 10.1. The van der Waals surface area contributed by atoms with E-state index in [1.807, 2.05) is 0 Å². The number of nitrogens with two attached hydrogens (primary N) is 1. The molecule has 3 nitrogen and oxygen atoms in total. The highest BCUT2D eigenvalue weighted by Gasteiger charge is 2.23. The van der Waals surface area contributed by atoms with Gasteiger partial charge in [-0.15, -0.1) is 0 Å². The number of rotatable bonds is 3. The molecule has 4 heteroatoms. The second-order valence-electron chi connectivity index (χ2n) is 5.13. The van der Waals surface area contributed by atoms with Crippen LogP contribution in [0.1, 0.15) is 25.5 Å². The first-order valence-electron chi connectivity index (χ1n) is 6.43. The third kappa shape index (κ3) is 3.51. The van der Waals surface area contributed by atoms with E-state index in [4.69, 9.17) is 10.5 Å². The van der Waals surface area contributed by atoms with Gasteiger partial charge in [0.1, 0.15) is 5.82 Å². The van der Waals surface area contributed by atoms with E-state index in [0.717, 1.165) is 25.2 Å². The van der Waals surface area contributed by atoms with Crippen LogP contribution >= 0.6 is 0 Å². The topological polar surface area (TPSA) is 38.5 Å². The van der Waals surface area contributed by atoms with E-state index in [-0.39, 0.29) is 24.1 Å². The van der Waals surface area contributed by atoms with Gasteiger partial charge in [-0.2, -0.15) is 0 Å². The van der Waals surface area contributed by atoms with E-state index in [1.54, 1.807) is 12.1 Å². The molecule has 0 amide bonds. The van der Waals surface area contributed by atoms with E-state index < -0.39 is 0 Å². The molecule has 1 heterocycles. The molecule has 1 aliphatic rings. The smallest absolute Gasteiger partial charge is 0.123 e. The van der Waals surface area contributed by atoms with E-state index in [1.165, 1.54) is 12.1 Å². The first kappa shape index (κ1) is 13.5. The number of nitrogens with zero attached hydrogens (tertiary/aromatic N) is 1. The second-order valence-corrected chi connectivity index (χ2v) is 5.13. The third-order valence-corrected chi connectivity index (χ3v) is 3.25. The molecule has 0 bridgehead atoms. The average Bonchev–Trinajstić information content (AvgIpc) is 2.28. The molecule has 100 valence electrons. The van der Waals surface area contributed by atoms with Crippen LogP contribution in [0.5, 0.6) is 0 Å². The number of ether oxygens (including phenoxy) is 1. The largest absolute Gasteiger partial charge is 0.373 e. The lowest BCUT2D eigenvalue weighted by Gasteiger charge is -2.36. The summed E-state index contributed by atoms with van der Waals surface area (Å²) < 4.78 is 18.5. The Labute approximate surface area is 108 Å². The molecular weight excluding hydrogens is 231 g/mol. The number of benzene rings is 1. The van der Waals surface area contributed by atoms with Gasteiger partial charge in [0.05, 0.1) is 12.2 Å². The molecule has 1 saturated heterocycles. The van der Waals surface area contributed by atoms with Crippen LogP contribution in [0.3, 0.4) is 0 Å². The van der Waals surface area contributed by atoms with Crippen molar-refractivity contribution < 1.29 is 9.13 Å². The van der Waals surface area contributed by atoms with Gasteiger partial charge in [0.2, 0.25) is 0 Å². The summed E-state index contributed by atoms with van der Waals surface area (Å²) in [6.45, 7) is 6.74. The minimum atomic E-state index is -0.223. The van der Waals surface area contributed by atoms with E-state index >= 15 is 0 Å². The summed E-state index contributed by atoms with van der Waals surface area (Å²) in [4.78, 5) is 2.31. The van der Waals surface area contributed by atoms with Gasteiger partial charge < -0.3 is 10.5 Å². The van der Waals surface area contributed by atoms with Crippen LogP contribution in [-0.2, 0) is 4.74 Å². The zero-order chi connectivity index (χ0) is 13.1. The third-order valence-electron chi connectivity index (χ3n) is 3.25. The summed E-state index contributed by atoms with van der Waals surface area (Å²) >= 11 is 0. The minimum Gasteiger partial charge on any atom is -0.373 e. The lowest BCUT2D eigenvalue weighted by Crippen LogP contribution is -2.47. The quantitative estimate of drug-likeness (QED) is 0.893. The molecule has 18 heavy (non-hydrogen) atoms. The Balaban J connectivity index is 1.94. The molecule has 0 aromatic heterocycles. The molecule has 0 spiro atoms. The Hall–Kier alpha value is -0.970. The number of hydrogen-bond donors (Lipinski definition) is 1. The summed E-state index contributed by atoms with van der Waals surface area (Å²) in [6, 6.07) is 6.35. The fraction of sp³-hybridized carbons (Fsp3) is 0.571. The van der Waals surface area contributed by atoms with Crippen molar-refractivity contribution in [1.29, 1.82) is 0 Å². The number of halogens is 1. The lowest BCUT2D eigenvalue weighted by molar-refractivity contribution is -0.0691. The molecule has 2 N–H and O–H groups in total. The van der Waals surface area contributed by atoms with Crippen molar-refractivity contribution in [3.8, 4) is 0 Å². The molecule has 0 saturated carbocycles. The Morgan fingerprint density at radius 3 is 2.39 bits per heavy atom. The second kappa shape index (κ2) is 5.78. The Kier molecular flexibility index (Phi) is 4.32. The molecule has 0 radical (unpaired) electrons. The van der Waals surface area contributed by atoms with Gasteiger partial charge in [-0.1, -0.05) is 12.1 Å². The predicted molar refractivity (Wildman–Crippen MR) is 69.8 cm³/mol. The molecule has 1 aromatic carbocycles. The van der Waals surface area contributed by atoms with Crippen molar-refractivity contribution in [1.82, 2.24) is 4.90 Å². The van der Waals surface area contributed by atoms with Crippen LogP contribution in [0.2, 0.25) is 0 Å². The standard InChI is InChI=1S/C14H21FN2O/c1-10-7-17(8-11(2)18-10)9-14(16)12-3-5-13(15)6-4-12/h3-6,10-11,14H,7-9,16H2,1-2H3/t10-,11+,14?. The Bertz CT molecular complexity index is 372. The number of hydrogen-bond acceptors (Lipinski definition) is 3. The molecular formula is C14H21FN2O. The fourth-order valence-electron chi connectivity index (χ4n) is 2.53. The van der Waals surface area contributed by atoms with Gasteiger partial charge in [-0.25, -0.2) is 4.39 Å². The summed E-state index contributed by atoms with van der Waals surface area (Å²) in [5, 5.41) is 0. The van der Waals surface area contributed by atoms with Crippen molar-refractivity contribution >= 4 is 0 Å². The van der Waals surface area contributed by atoms with Crippen molar-refractivity contribution in [2.24, 2.45) is 5.73 Å². The minimum absolute atomic E-state index is 0.0805. The van der Waals surface area contributed by atoms with Gasteiger partial charge in [0, 0.05) is 25.7 Å². The van der Waals surface area contributed by atoms with Crippen LogP contribution in [-0.4, -0.2) is 36.7 Å². The van der Waals surface area contributed by atoms with Gasteiger partial charge in [-0.05, 0) is 31.5 Å². The normalized spacial score (nSPS) is 27.1. The zero-order valence-corrected chi connectivity index (χ0v) is 11.0. The predicted octanol–water partition coefficient (Wildman–Crippen LogP) is 1.93. The van der Waals surface area contributed by atoms with Gasteiger partial charge >= 0.3 is 0 Å². The first-order chi connectivity index (χ1) is 8.54. The summed E-state index contributed by atoms with van der Waals surface area (Å²) in [5.41, 5.74) is 7.14. The molecule has 1 aliphatic heterocycles. The van der Waals surface area contributed by atoms with Crippen LogP contribution in [0, 0.1) is 5.82 Å². The number of morpholine rings is 1. The van der Waals surface area contributed by atoms with Crippen molar-refractivity contribution in [2.45, 2.75) is 32.1 Å². The van der Waals surface area contributed by atoms with Gasteiger partial charge in [0.15, 0.2) is 0 Å². The van der Waals surface area contributed by atoms with E-state index in [2.05, 4.69) is 18.7 Å². The summed E-state index contributed by atoms with van der Waals surface area (Å²) in [7, 11) is 0. The highest BCUT2D eigenvalue weighted by Crippen LogP contribution is 2.16. The monoisotopic (exact) mass is 252 g/mol. The highest BCUT2D eigenvalue weighted by molar-refractivity contribution is 5.19.